The van der Waals surface area contributed by atoms with Crippen molar-refractivity contribution >= 4 is 22.8 Å². The zero-order valence-corrected chi connectivity index (χ0v) is 14.5. The minimum absolute atomic E-state index is 0.153. The van der Waals surface area contributed by atoms with Gasteiger partial charge in [-0.2, -0.15) is 0 Å². The largest absolute Gasteiger partial charge is 0.459 e. The molecular formula is C20H16FNO5. The van der Waals surface area contributed by atoms with Gasteiger partial charge in [0.25, 0.3) is 5.91 Å². The van der Waals surface area contributed by atoms with E-state index in [4.69, 9.17) is 9.15 Å². The van der Waals surface area contributed by atoms with Gasteiger partial charge in [-0.3, -0.25) is 9.59 Å². The number of fused-ring (bicyclic) bond motifs is 1. The Bertz CT molecular complexity index is 1070. The van der Waals surface area contributed by atoms with Crippen LogP contribution in [0.3, 0.4) is 0 Å². The Hall–Kier alpha value is -3.48. The van der Waals surface area contributed by atoms with Crippen molar-refractivity contribution in [2.24, 2.45) is 0 Å². The third-order valence-electron chi connectivity index (χ3n) is 3.89. The SMILES string of the molecule is Cc1ccc2c(COC(=O)CNC(=O)c3ccccc3F)cc(=O)oc2c1. The summed E-state index contributed by atoms with van der Waals surface area (Å²) in [5.41, 5.74) is 1.12. The molecule has 0 spiro atoms. The molecule has 27 heavy (non-hydrogen) atoms. The smallest absolute Gasteiger partial charge is 0.336 e. The lowest BCUT2D eigenvalue weighted by Crippen LogP contribution is -2.31. The van der Waals surface area contributed by atoms with Gasteiger partial charge in [-0.1, -0.05) is 24.3 Å². The lowest BCUT2D eigenvalue weighted by molar-refractivity contribution is -0.143. The van der Waals surface area contributed by atoms with Crippen LogP contribution in [0.25, 0.3) is 11.0 Å². The Morgan fingerprint density at radius 2 is 1.93 bits per heavy atom. The molecule has 0 atom stereocenters. The quantitative estimate of drug-likeness (QED) is 0.552. The Morgan fingerprint density at radius 1 is 1.15 bits per heavy atom. The van der Waals surface area contributed by atoms with Gasteiger partial charge in [-0.05, 0) is 30.7 Å². The first-order valence-corrected chi connectivity index (χ1v) is 8.16. The minimum Gasteiger partial charge on any atom is -0.459 e. The number of esters is 1. The number of nitrogens with one attached hydrogen (secondary N) is 1. The average molecular weight is 369 g/mol. The second-order valence-corrected chi connectivity index (χ2v) is 5.91. The highest BCUT2D eigenvalue weighted by atomic mass is 19.1. The fourth-order valence-electron chi connectivity index (χ4n) is 2.56. The highest BCUT2D eigenvalue weighted by molar-refractivity contribution is 5.96. The molecule has 0 bridgehead atoms. The first-order valence-electron chi connectivity index (χ1n) is 8.16. The van der Waals surface area contributed by atoms with Gasteiger partial charge in [-0.15, -0.1) is 0 Å². The van der Waals surface area contributed by atoms with Crippen LogP contribution in [-0.4, -0.2) is 18.4 Å². The van der Waals surface area contributed by atoms with Crippen LogP contribution in [0.15, 0.2) is 57.7 Å². The van der Waals surface area contributed by atoms with Crippen LogP contribution in [-0.2, 0) is 16.1 Å². The topological polar surface area (TPSA) is 85.6 Å². The molecule has 1 N–H and O–H groups in total. The third-order valence-corrected chi connectivity index (χ3v) is 3.89. The standard InChI is InChI=1S/C20H16FNO5/c1-12-6-7-14-13(9-18(23)27-17(14)8-12)11-26-19(24)10-22-20(25)15-4-2-3-5-16(15)21/h2-9H,10-11H2,1H3,(H,22,25). The molecule has 3 rings (SSSR count). The lowest BCUT2D eigenvalue weighted by atomic mass is 10.1. The summed E-state index contributed by atoms with van der Waals surface area (Å²) in [7, 11) is 0. The van der Waals surface area contributed by atoms with E-state index in [2.05, 4.69) is 5.32 Å². The number of carbonyl (C=O) groups is 2. The van der Waals surface area contributed by atoms with Crippen LogP contribution in [0.4, 0.5) is 4.39 Å². The fraction of sp³-hybridized carbons (Fsp3) is 0.150. The normalized spacial score (nSPS) is 10.6. The zero-order chi connectivity index (χ0) is 19.4. The summed E-state index contributed by atoms with van der Waals surface area (Å²) in [5, 5.41) is 2.95. The molecule has 1 heterocycles. The van der Waals surface area contributed by atoms with E-state index in [1.54, 1.807) is 12.1 Å². The van der Waals surface area contributed by atoms with Crippen LogP contribution in [0, 0.1) is 12.7 Å². The molecule has 138 valence electrons. The van der Waals surface area contributed by atoms with Crippen LogP contribution in [0.2, 0.25) is 0 Å². The zero-order valence-electron chi connectivity index (χ0n) is 14.5. The van der Waals surface area contributed by atoms with E-state index < -0.39 is 29.9 Å². The van der Waals surface area contributed by atoms with Gasteiger partial charge >= 0.3 is 11.6 Å². The van der Waals surface area contributed by atoms with Gasteiger partial charge in [0.1, 0.15) is 24.6 Å². The molecule has 2 aromatic carbocycles. The number of hydrogen-bond acceptors (Lipinski definition) is 5. The average Bonchev–Trinajstić information content (AvgIpc) is 2.64. The summed E-state index contributed by atoms with van der Waals surface area (Å²) in [6.07, 6.45) is 0. The Balaban J connectivity index is 1.63. The summed E-state index contributed by atoms with van der Waals surface area (Å²) in [4.78, 5) is 35.4. The second-order valence-electron chi connectivity index (χ2n) is 5.91. The first kappa shape index (κ1) is 18.3. The molecule has 0 aliphatic carbocycles. The van der Waals surface area contributed by atoms with Crippen molar-refractivity contribution in [3.8, 4) is 0 Å². The van der Waals surface area contributed by atoms with Crippen molar-refractivity contribution in [2.45, 2.75) is 13.5 Å². The predicted molar refractivity (Wildman–Crippen MR) is 95.8 cm³/mol. The number of amides is 1. The maximum Gasteiger partial charge on any atom is 0.336 e. The Labute approximate surface area is 153 Å². The number of ether oxygens (including phenoxy) is 1. The third kappa shape index (κ3) is 4.38. The Morgan fingerprint density at radius 3 is 2.70 bits per heavy atom. The predicted octanol–water partition coefficient (Wildman–Crippen LogP) is 2.71. The van der Waals surface area contributed by atoms with Gasteiger partial charge < -0.3 is 14.5 Å². The van der Waals surface area contributed by atoms with Gasteiger partial charge in [0.05, 0.1) is 5.56 Å². The molecule has 0 unspecified atom stereocenters. The number of hydrogen-bond donors (Lipinski definition) is 1. The molecule has 1 amide bonds. The fourth-order valence-corrected chi connectivity index (χ4v) is 2.56. The highest BCUT2D eigenvalue weighted by Gasteiger charge is 2.13. The number of carbonyl (C=O) groups excluding carboxylic acids is 2. The van der Waals surface area contributed by atoms with Crippen molar-refractivity contribution in [1.82, 2.24) is 5.32 Å². The minimum atomic E-state index is -0.716. The van der Waals surface area contributed by atoms with Crippen molar-refractivity contribution in [3.05, 3.63) is 81.5 Å². The van der Waals surface area contributed by atoms with Crippen LogP contribution >= 0.6 is 0 Å². The van der Waals surface area contributed by atoms with Gasteiger partial charge in [-0.25, -0.2) is 9.18 Å². The molecule has 0 saturated heterocycles. The molecule has 1 aromatic heterocycles. The van der Waals surface area contributed by atoms with Gasteiger partial charge in [0, 0.05) is 17.0 Å². The summed E-state index contributed by atoms with van der Waals surface area (Å²) in [6.45, 7) is 1.29. The van der Waals surface area contributed by atoms with Crippen molar-refractivity contribution in [1.29, 1.82) is 0 Å². The lowest BCUT2D eigenvalue weighted by Gasteiger charge is -2.09. The maximum absolute atomic E-state index is 13.5. The molecule has 0 fully saturated rings. The monoisotopic (exact) mass is 369 g/mol. The molecular weight excluding hydrogens is 353 g/mol. The van der Waals surface area contributed by atoms with Gasteiger partial charge in [0.15, 0.2) is 0 Å². The van der Waals surface area contributed by atoms with E-state index in [1.165, 1.54) is 24.3 Å². The van der Waals surface area contributed by atoms with E-state index >= 15 is 0 Å². The van der Waals surface area contributed by atoms with Crippen LogP contribution in [0.1, 0.15) is 21.5 Å². The second kappa shape index (κ2) is 7.82. The summed E-state index contributed by atoms with van der Waals surface area (Å²) in [6, 6.07) is 12.0. The summed E-state index contributed by atoms with van der Waals surface area (Å²) in [5.74, 6) is -2.11. The van der Waals surface area contributed by atoms with E-state index in [0.29, 0.717) is 16.5 Å². The molecule has 6 nitrogen and oxygen atoms in total. The number of aryl methyl sites for hydroxylation is 1. The molecule has 0 radical (unpaired) electrons. The van der Waals surface area contributed by atoms with Crippen LogP contribution < -0.4 is 10.9 Å². The first-order chi connectivity index (χ1) is 12.9. The molecule has 0 aliphatic rings. The van der Waals surface area contributed by atoms with Crippen LogP contribution in [0.5, 0.6) is 0 Å². The summed E-state index contributed by atoms with van der Waals surface area (Å²) >= 11 is 0. The van der Waals surface area contributed by atoms with E-state index in [0.717, 1.165) is 11.6 Å². The van der Waals surface area contributed by atoms with E-state index in [-0.39, 0.29) is 12.2 Å². The van der Waals surface area contributed by atoms with Crippen molar-refractivity contribution < 1.29 is 23.1 Å². The van der Waals surface area contributed by atoms with E-state index in [9.17, 15) is 18.8 Å². The highest BCUT2D eigenvalue weighted by Crippen LogP contribution is 2.19. The number of rotatable bonds is 5. The van der Waals surface area contributed by atoms with Crippen molar-refractivity contribution in [2.75, 3.05) is 6.54 Å². The maximum atomic E-state index is 13.5. The van der Waals surface area contributed by atoms with Gasteiger partial charge in [0.2, 0.25) is 0 Å². The number of halogens is 1. The Kier molecular flexibility index (Phi) is 5.30. The molecule has 7 heteroatoms. The molecule has 0 aliphatic heterocycles. The molecule has 3 aromatic rings. The number of benzene rings is 2. The van der Waals surface area contributed by atoms with E-state index in [1.807, 2.05) is 13.0 Å². The van der Waals surface area contributed by atoms with Crippen molar-refractivity contribution in [3.63, 3.8) is 0 Å². The summed E-state index contributed by atoms with van der Waals surface area (Å²) < 4.78 is 23.8. The molecule has 0 saturated carbocycles.